The van der Waals surface area contributed by atoms with Gasteiger partial charge in [0.2, 0.25) is 5.91 Å². The van der Waals surface area contributed by atoms with Crippen LogP contribution in [-0.2, 0) is 9.53 Å². The zero-order valence-electron chi connectivity index (χ0n) is 19.9. The molecule has 3 heterocycles. The summed E-state index contributed by atoms with van der Waals surface area (Å²) in [4.78, 5) is 25.9. The molecule has 2 fully saturated rings. The van der Waals surface area contributed by atoms with Gasteiger partial charge in [0.25, 0.3) is 0 Å². The first-order chi connectivity index (χ1) is 16.5. The van der Waals surface area contributed by atoms with Crippen LogP contribution in [0.15, 0.2) is 30.3 Å². The standard InChI is InChI=1S/C24H34N6O4/c1-25-14-19(31)16-34-20-5-3-4-17(12-20)24-27-21(29(2)18-6-10-33-11-7-18)13-22(28-24)30-9-8-26-23(32)15-30/h3-5,12-13,18-19,25,31H,6-11,14-16H2,1-2H3,(H,26,32). The lowest BCUT2D eigenvalue weighted by Crippen LogP contribution is -2.48. The molecule has 0 spiro atoms. The molecule has 0 saturated carbocycles. The molecule has 184 valence electrons. The minimum absolute atomic E-state index is 0.0127. The maximum absolute atomic E-state index is 12.0. The Morgan fingerprint density at radius 3 is 2.91 bits per heavy atom. The third-order valence-electron chi connectivity index (χ3n) is 6.14. The number of aliphatic hydroxyl groups is 1. The van der Waals surface area contributed by atoms with E-state index in [-0.39, 0.29) is 19.1 Å². The van der Waals surface area contributed by atoms with Gasteiger partial charge in [0, 0.05) is 57.6 Å². The van der Waals surface area contributed by atoms with E-state index in [1.165, 1.54) is 0 Å². The third kappa shape index (κ3) is 6.13. The smallest absolute Gasteiger partial charge is 0.239 e. The van der Waals surface area contributed by atoms with Crippen LogP contribution in [0.4, 0.5) is 11.6 Å². The van der Waals surface area contributed by atoms with E-state index in [0.717, 1.165) is 43.3 Å². The number of aliphatic hydroxyl groups excluding tert-OH is 1. The maximum Gasteiger partial charge on any atom is 0.239 e. The maximum atomic E-state index is 12.0. The van der Waals surface area contributed by atoms with E-state index < -0.39 is 6.10 Å². The van der Waals surface area contributed by atoms with Crippen molar-refractivity contribution in [3.8, 4) is 17.1 Å². The molecular weight excluding hydrogens is 436 g/mol. The Hall–Kier alpha value is -2.95. The van der Waals surface area contributed by atoms with Crippen molar-refractivity contribution in [3.63, 3.8) is 0 Å². The van der Waals surface area contributed by atoms with Gasteiger partial charge in [-0.1, -0.05) is 12.1 Å². The van der Waals surface area contributed by atoms with Crippen molar-refractivity contribution in [1.29, 1.82) is 0 Å². The molecule has 3 N–H and O–H groups in total. The normalized spacial score (nSPS) is 17.9. The number of rotatable bonds is 9. The van der Waals surface area contributed by atoms with Gasteiger partial charge in [0.15, 0.2) is 5.82 Å². The molecule has 2 aliphatic rings. The number of benzene rings is 1. The van der Waals surface area contributed by atoms with Gasteiger partial charge in [0.1, 0.15) is 30.1 Å². The Bertz CT molecular complexity index is 968. The highest BCUT2D eigenvalue weighted by molar-refractivity contribution is 5.82. The summed E-state index contributed by atoms with van der Waals surface area (Å²) in [5.74, 6) is 2.73. The topological polar surface area (TPSA) is 112 Å². The van der Waals surface area contributed by atoms with Crippen LogP contribution in [-0.4, -0.2) is 93.2 Å². The second-order valence-electron chi connectivity index (χ2n) is 8.68. The number of nitrogens with one attached hydrogen (secondary N) is 2. The fourth-order valence-corrected chi connectivity index (χ4v) is 4.20. The monoisotopic (exact) mass is 470 g/mol. The Balaban J connectivity index is 1.63. The largest absolute Gasteiger partial charge is 0.491 e. The number of aromatic nitrogens is 2. The summed E-state index contributed by atoms with van der Waals surface area (Å²) < 4.78 is 11.3. The fourth-order valence-electron chi connectivity index (χ4n) is 4.20. The first-order valence-corrected chi connectivity index (χ1v) is 11.8. The molecule has 1 atom stereocenters. The molecule has 10 nitrogen and oxygen atoms in total. The van der Waals surface area contributed by atoms with Crippen molar-refractivity contribution in [2.45, 2.75) is 25.0 Å². The van der Waals surface area contributed by atoms with Gasteiger partial charge in [-0.3, -0.25) is 4.79 Å². The summed E-state index contributed by atoms with van der Waals surface area (Å²) in [6, 6.07) is 9.86. The highest BCUT2D eigenvalue weighted by Crippen LogP contribution is 2.29. The zero-order valence-corrected chi connectivity index (χ0v) is 19.9. The molecule has 0 aliphatic carbocycles. The van der Waals surface area contributed by atoms with Crippen molar-refractivity contribution in [1.82, 2.24) is 20.6 Å². The van der Waals surface area contributed by atoms with Crippen LogP contribution in [0.25, 0.3) is 11.4 Å². The lowest BCUT2D eigenvalue weighted by atomic mass is 10.1. The van der Waals surface area contributed by atoms with Gasteiger partial charge in [0.05, 0.1) is 6.54 Å². The van der Waals surface area contributed by atoms with Gasteiger partial charge in [-0.15, -0.1) is 0 Å². The van der Waals surface area contributed by atoms with Gasteiger partial charge >= 0.3 is 0 Å². The first kappa shape index (κ1) is 24.2. The van der Waals surface area contributed by atoms with Gasteiger partial charge in [-0.25, -0.2) is 9.97 Å². The lowest BCUT2D eigenvalue weighted by Gasteiger charge is -2.33. The van der Waals surface area contributed by atoms with E-state index in [4.69, 9.17) is 19.4 Å². The number of ether oxygens (including phenoxy) is 2. The zero-order chi connectivity index (χ0) is 23.9. The minimum Gasteiger partial charge on any atom is -0.491 e. The van der Waals surface area contributed by atoms with Crippen LogP contribution in [0.3, 0.4) is 0 Å². The second-order valence-corrected chi connectivity index (χ2v) is 8.68. The molecule has 1 amide bonds. The van der Waals surface area contributed by atoms with Crippen molar-refractivity contribution >= 4 is 17.5 Å². The predicted molar refractivity (Wildman–Crippen MR) is 130 cm³/mol. The van der Waals surface area contributed by atoms with Crippen LogP contribution in [0.1, 0.15) is 12.8 Å². The number of piperazine rings is 1. The molecular formula is C24H34N6O4. The molecule has 4 rings (SSSR count). The molecule has 10 heteroatoms. The number of anilines is 2. The molecule has 2 aromatic rings. The van der Waals surface area contributed by atoms with Crippen LogP contribution in [0.2, 0.25) is 0 Å². The summed E-state index contributed by atoms with van der Waals surface area (Å²) in [5, 5.41) is 15.8. The Morgan fingerprint density at radius 2 is 2.15 bits per heavy atom. The summed E-state index contributed by atoms with van der Waals surface area (Å²) in [6.45, 7) is 3.66. The van der Waals surface area contributed by atoms with Crippen molar-refractivity contribution in [3.05, 3.63) is 30.3 Å². The second kappa shape index (κ2) is 11.5. The molecule has 1 aromatic heterocycles. The van der Waals surface area contributed by atoms with Gasteiger partial charge < -0.3 is 35.0 Å². The number of likely N-dealkylation sites (N-methyl/N-ethyl adjacent to an activating group) is 1. The molecule has 1 aromatic carbocycles. The molecule has 0 bridgehead atoms. The van der Waals surface area contributed by atoms with Crippen molar-refractivity contribution < 1.29 is 19.4 Å². The highest BCUT2D eigenvalue weighted by atomic mass is 16.5. The molecule has 2 aliphatic heterocycles. The van der Waals surface area contributed by atoms with Gasteiger partial charge in [-0.05, 0) is 32.0 Å². The molecule has 34 heavy (non-hydrogen) atoms. The van der Waals surface area contributed by atoms with Gasteiger partial charge in [-0.2, -0.15) is 0 Å². The number of hydrogen-bond acceptors (Lipinski definition) is 9. The average Bonchev–Trinajstić information content (AvgIpc) is 2.87. The predicted octanol–water partition coefficient (Wildman–Crippen LogP) is 0.654. The van der Waals surface area contributed by atoms with Crippen LogP contribution in [0, 0.1) is 0 Å². The van der Waals surface area contributed by atoms with E-state index in [2.05, 4.69) is 22.6 Å². The summed E-state index contributed by atoms with van der Waals surface area (Å²) in [5.41, 5.74) is 0.811. The number of carbonyl (C=O) groups excluding carboxylic acids is 1. The first-order valence-electron chi connectivity index (χ1n) is 11.8. The summed E-state index contributed by atoms with van der Waals surface area (Å²) >= 11 is 0. The Morgan fingerprint density at radius 1 is 1.32 bits per heavy atom. The third-order valence-corrected chi connectivity index (χ3v) is 6.14. The average molecular weight is 471 g/mol. The summed E-state index contributed by atoms with van der Waals surface area (Å²) in [7, 11) is 3.84. The minimum atomic E-state index is -0.599. The van der Waals surface area contributed by atoms with Crippen LogP contribution in [0.5, 0.6) is 5.75 Å². The lowest BCUT2D eigenvalue weighted by molar-refractivity contribution is -0.120. The molecule has 0 radical (unpaired) electrons. The number of hydrogen-bond donors (Lipinski definition) is 3. The quantitative estimate of drug-likeness (QED) is 0.486. The van der Waals surface area contributed by atoms with E-state index >= 15 is 0 Å². The van der Waals surface area contributed by atoms with Crippen molar-refractivity contribution in [2.75, 3.05) is 69.9 Å². The number of amides is 1. The number of nitrogens with zero attached hydrogens (tertiary/aromatic N) is 4. The summed E-state index contributed by atoms with van der Waals surface area (Å²) in [6.07, 6.45) is 1.28. The number of carbonyl (C=O) groups is 1. The molecule has 2 saturated heterocycles. The van der Waals surface area contributed by atoms with E-state index in [1.807, 2.05) is 35.2 Å². The van der Waals surface area contributed by atoms with E-state index in [1.54, 1.807) is 7.05 Å². The van der Waals surface area contributed by atoms with Crippen molar-refractivity contribution in [2.24, 2.45) is 0 Å². The van der Waals surface area contributed by atoms with Crippen LogP contribution >= 0.6 is 0 Å². The highest BCUT2D eigenvalue weighted by Gasteiger charge is 2.24. The fraction of sp³-hybridized carbons (Fsp3) is 0.542. The SMILES string of the molecule is CNCC(O)COc1cccc(-c2nc(N3CCNC(=O)C3)cc(N(C)C3CCOCC3)n2)c1. The van der Waals surface area contributed by atoms with E-state index in [0.29, 0.717) is 37.3 Å². The van der Waals surface area contributed by atoms with E-state index in [9.17, 15) is 9.90 Å². The Labute approximate surface area is 200 Å². The molecule has 1 unspecified atom stereocenters. The van der Waals surface area contributed by atoms with Crippen LogP contribution < -0.4 is 25.2 Å². The Kier molecular flexibility index (Phi) is 8.15.